The van der Waals surface area contributed by atoms with Gasteiger partial charge in [0.1, 0.15) is 6.20 Å². The number of hydrogen-bond acceptors (Lipinski definition) is 8. The SMILES string of the molecule is N[C@H]1CC[C@H](CNc2nc(NCc3ccncc3Cl)ncc2[N+](=O)[O-])CC1. The number of anilines is 2. The molecule has 0 radical (unpaired) electrons. The molecule has 0 atom stereocenters. The molecule has 0 amide bonds. The van der Waals surface area contributed by atoms with Gasteiger partial charge in [0.05, 0.1) is 9.95 Å². The lowest BCUT2D eigenvalue weighted by molar-refractivity contribution is -0.384. The summed E-state index contributed by atoms with van der Waals surface area (Å²) in [5.74, 6) is 0.946. The number of hydrogen-bond donors (Lipinski definition) is 3. The Morgan fingerprint density at radius 2 is 2.04 bits per heavy atom. The molecule has 2 heterocycles. The van der Waals surface area contributed by atoms with Gasteiger partial charge >= 0.3 is 5.69 Å². The number of halogens is 1. The molecule has 0 unspecified atom stereocenters. The third-order valence-electron chi connectivity index (χ3n) is 4.71. The average molecular weight is 392 g/mol. The second-order valence-corrected chi connectivity index (χ2v) is 7.07. The summed E-state index contributed by atoms with van der Waals surface area (Å²) >= 11 is 6.08. The van der Waals surface area contributed by atoms with Gasteiger partial charge in [0.2, 0.25) is 11.8 Å². The van der Waals surface area contributed by atoms with E-state index in [1.165, 1.54) is 6.20 Å². The minimum atomic E-state index is -0.484. The lowest BCUT2D eigenvalue weighted by atomic mass is 9.86. The van der Waals surface area contributed by atoms with E-state index in [-0.39, 0.29) is 17.5 Å². The number of nitrogens with two attached hydrogens (primary N) is 1. The lowest BCUT2D eigenvalue weighted by Crippen LogP contribution is -2.29. The molecule has 2 aromatic heterocycles. The average Bonchev–Trinajstić information content (AvgIpc) is 2.67. The largest absolute Gasteiger partial charge is 0.364 e. The van der Waals surface area contributed by atoms with Crippen LogP contribution in [0, 0.1) is 16.0 Å². The molecule has 0 saturated heterocycles. The van der Waals surface area contributed by atoms with Gasteiger partial charge in [-0.25, -0.2) is 4.98 Å². The first kappa shape index (κ1) is 19.2. The maximum absolute atomic E-state index is 11.3. The van der Waals surface area contributed by atoms with E-state index in [2.05, 4.69) is 25.6 Å². The van der Waals surface area contributed by atoms with Gasteiger partial charge in [0, 0.05) is 31.5 Å². The molecule has 27 heavy (non-hydrogen) atoms. The van der Waals surface area contributed by atoms with Crippen molar-refractivity contribution >= 4 is 29.1 Å². The minimum absolute atomic E-state index is 0.144. The highest BCUT2D eigenvalue weighted by molar-refractivity contribution is 6.31. The van der Waals surface area contributed by atoms with Crippen LogP contribution in [0.5, 0.6) is 0 Å². The van der Waals surface area contributed by atoms with Crippen molar-refractivity contribution in [2.75, 3.05) is 17.2 Å². The first-order valence-corrected chi connectivity index (χ1v) is 9.24. The van der Waals surface area contributed by atoms with Crippen LogP contribution in [0.3, 0.4) is 0 Å². The molecule has 1 aliphatic rings. The molecule has 9 nitrogen and oxygen atoms in total. The topological polar surface area (TPSA) is 132 Å². The van der Waals surface area contributed by atoms with Gasteiger partial charge in [-0.2, -0.15) is 4.98 Å². The van der Waals surface area contributed by atoms with Crippen LogP contribution in [0.4, 0.5) is 17.5 Å². The number of nitro groups is 1. The Kier molecular flexibility index (Phi) is 6.36. The van der Waals surface area contributed by atoms with E-state index in [4.69, 9.17) is 17.3 Å². The molecule has 0 spiro atoms. The first-order chi connectivity index (χ1) is 13.0. The van der Waals surface area contributed by atoms with E-state index >= 15 is 0 Å². The van der Waals surface area contributed by atoms with Crippen molar-refractivity contribution in [3.05, 3.63) is 45.4 Å². The summed E-state index contributed by atoms with van der Waals surface area (Å²) in [5.41, 5.74) is 6.62. The van der Waals surface area contributed by atoms with E-state index in [0.717, 1.165) is 31.2 Å². The smallest absolute Gasteiger partial charge is 0.329 e. The van der Waals surface area contributed by atoms with Crippen LogP contribution in [0.2, 0.25) is 5.02 Å². The van der Waals surface area contributed by atoms with Crippen molar-refractivity contribution in [3.8, 4) is 0 Å². The Hall–Kier alpha value is -2.52. The maximum Gasteiger partial charge on any atom is 0.329 e. The van der Waals surface area contributed by atoms with Crippen LogP contribution in [0.1, 0.15) is 31.2 Å². The quantitative estimate of drug-likeness (QED) is 0.484. The number of aromatic nitrogens is 3. The summed E-state index contributed by atoms with van der Waals surface area (Å²) in [6.45, 7) is 1.01. The first-order valence-electron chi connectivity index (χ1n) is 8.86. The Morgan fingerprint density at radius 3 is 2.74 bits per heavy atom. The lowest BCUT2D eigenvalue weighted by Gasteiger charge is -2.26. The number of rotatable bonds is 7. The van der Waals surface area contributed by atoms with Crippen molar-refractivity contribution in [1.82, 2.24) is 15.0 Å². The van der Waals surface area contributed by atoms with E-state index < -0.39 is 4.92 Å². The molecular formula is C17H22ClN7O2. The van der Waals surface area contributed by atoms with Gasteiger partial charge in [-0.3, -0.25) is 15.1 Å². The fourth-order valence-corrected chi connectivity index (χ4v) is 3.27. The molecule has 0 aromatic carbocycles. The van der Waals surface area contributed by atoms with Crippen LogP contribution < -0.4 is 16.4 Å². The van der Waals surface area contributed by atoms with E-state index in [0.29, 0.717) is 30.0 Å². The molecule has 0 aliphatic heterocycles. The van der Waals surface area contributed by atoms with Crippen LogP contribution in [-0.4, -0.2) is 32.5 Å². The third-order valence-corrected chi connectivity index (χ3v) is 5.05. The standard InChI is InChI=1S/C17H22ClN7O2/c18-14-9-20-6-5-12(14)8-22-17-23-10-15(25(26)27)16(24-17)21-7-11-1-3-13(19)4-2-11/h5-6,9-11,13H,1-4,7-8,19H2,(H2,21,22,23,24)/t11-,13-. The molecule has 2 aromatic rings. The number of pyridine rings is 1. The molecule has 1 fully saturated rings. The van der Waals surface area contributed by atoms with E-state index in [1.807, 2.05) is 0 Å². The van der Waals surface area contributed by atoms with Gasteiger partial charge in [-0.05, 0) is 43.2 Å². The van der Waals surface area contributed by atoms with Crippen molar-refractivity contribution in [1.29, 1.82) is 0 Å². The van der Waals surface area contributed by atoms with Gasteiger partial charge in [0.25, 0.3) is 0 Å². The Labute approximate surface area is 161 Å². The zero-order chi connectivity index (χ0) is 19.2. The highest BCUT2D eigenvalue weighted by atomic mass is 35.5. The summed E-state index contributed by atoms with van der Waals surface area (Å²) in [5, 5.41) is 18.0. The Balaban J connectivity index is 1.67. The summed E-state index contributed by atoms with van der Waals surface area (Å²) < 4.78 is 0. The predicted molar refractivity (Wildman–Crippen MR) is 104 cm³/mol. The van der Waals surface area contributed by atoms with Gasteiger partial charge in [-0.1, -0.05) is 11.6 Å². The van der Waals surface area contributed by atoms with Crippen molar-refractivity contribution in [3.63, 3.8) is 0 Å². The van der Waals surface area contributed by atoms with Gasteiger partial charge in [-0.15, -0.1) is 0 Å². The molecule has 10 heteroatoms. The van der Waals surface area contributed by atoms with Crippen LogP contribution in [0.15, 0.2) is 24.7 Å². The number of nitrogens with zero attached hydrogens (tertiary/aromatic N) is 4. The highest BCUT2D eigenvalue weighted by Crippen LogP contribution is 2.26. The minimum Gasteiger partial charge on any atom is -0.364 e. The zero-order valence-corrected chi connectivity index (χ0v) is 15.5. The van der Waals surface area contributed by atoms with Crippen molar-refractivity contribution < 1.29 is 4.92 Å². The summed E-state index contributed by atoms with van der Waals surface area (Å²) in [7, 11) is 0. The monoisotopic (exact) mass is 391 g/mol. The molecular weight excluding hydrogens is 370 g/mol. The summed E-state index contributed by atoms with van der Waals surface area (Å²) in [4.78, 5) is 23.0. The summed E-state index contributed by atoms with van der Waals surface area (Å²) in [6, 6.07) is 2.05. The second kappa shape index (κ2) is 8.92. The van der Waals surface area contributed by atoms with Crippen LogP contribution >= 0.6 is 11.6 Å². The van der Waals surface area contributed by atoms with Gasteiger partial charge in [0.15, 0.2) is 0 Å². The third kappa shape index (κ3) is 5.24. The predicted octanol–water partition coefficient (Wildman–Crippen LogP) is 2.97. The Bertz CT molecular complexity index is 797. The maximum atomic E-state index is 11.3. The van der Waals surface area contributed by atoms with E-state index in [1.54, 1.807) is 18.5 Å². The molecule has 1 saturated carbocycles. The normalized spacial score (nSPS) is 19.5. The van der Waals surface area contributed by atoms with Gasteiger partial charge < -0.3 is 16.4 Å². The van der Waals surface area contributed by atoms with Crippen molar-refractivity contribution in [2.24, 2.45) is 11.7 Å². The molecule has 0 bridgehead atoms. The number of nitrogens with one attached hydrogen (secondary N) is 2. The molecule has 4 N–H and O–H groups in total. The fraction of sp³-hybridized carbons (Fsp3) is 0.471. The highest BCUT2D eigenvalue weighted by Gasteiger charge is 2.21. The molecule has 144 valence electrons. The Morgan fingerprint density at radius 1 is 1.26 bits per heavy atom. The van der Waals surface area contributed by atoms with E-state index in [9.17, 15) is 10.1 Å². The zero-order valence-electron chi connectivity index (χ0n) is 14.8. The van der Waals surface area contributed by atoms with Crippen LogP contribution in [-0.2, 0) is 6.54 Å². The molecule has 1 aliphatic carbocycles. The second-order valence-electron chi connectivity index (χ2n) is 6.67. The summed E-state index contributed by atoms with van der Waals surface area (Å²) in [6.07, 6.45) is 8.40. The van der Waals surface area contributed by atoms with Crippen LogP contribution in [0.25, 0.3) is 0 Å². The van der Waals surface area contributed by atoms with Crippen molar-refractivity contribution in [2.45, 2.75) is 38.3 Å². The molecule has 3 rings (SSSR count). The fourth-order valence-electron chi connectivity index (χ4n) is 3.08.